The van der Waals surface area contributed by atoms with E-state index >= 15 is 0 Å². The molecule has 0 aliphatic carbocycles. The van der Waals surface area contributed by atoms with Crippen molar-refractivity contribution in [2.24, 2.45) is 0 Å². The van der Waals surface area contributed by atoms with Crippen LogP contribution in [0.3, 0.4) is 0 Å². The van der Waals surface area contributed by atoms with Gasteiger partial charge in [0.05, 0.1) is 25.2 Å². The number of aromatic nitrogens is 6. The second-order valence-corrected chi connectivity index (χ2v) is 10.4. The molecule has 0 saturated carbocycles. The molecule has 4 rings (SSSR count). The summed E-state index contributed by atoms with van der Waals surface area (Å²) in [7, 11) is 0. The van der Waals surface area contributed by atoms with E-state index in [1.807, 2.05) is 49.4 Å². The highest BCUT2D eigenvalue weighted by Crippen LogP contribution is 2.31. The summed E-state index contributed by atoms with van der Waals surface area (Å²) < 4.78 is 11.9. The topological polar surface area (TPSA) is 207 Å². The molecule has 0 fully saturated rings. The van der Waals surface area contributed by atoms with Gasteiger partial charge in [-0.05, 0) is 42.2 Å². The van der Waals surface area contributed by atoms with E-state index in [1.165, 1.54) is 13.8 Å². The third-order valence-electron chi connectivity index (χ3n) is 6.54. The van der Waals surface area contributed by atoms with E-state index in [4.69, 9.17) is 19.9 Å². The van der Waals surface area contributed by atoms with Crippen molar-refractivity contribution in [3.8, 4) is 22.5 Å². The Kier molecular flexibility index (Phi) is 11.1. The van der Waals surface area contributed by atoms with Gasteiger partial charge in [0.2, 0.25) is 5.82 Å². The summed E-state index contributed by atoms with van der Waals surface area (Å²) >= 11 is 0. The highest BCUT2D eigenvalue weighted by atomic mass is 17.1. The van der Waals surface area contributed by atoms with Gasteiger partial charge in [-0.15, -0.1) is 10.2 Å². The van der Waals surface area contributed by atoms with E-state index < -0.39 is 23.1 Å². The van der Waals surface area contributed by atoms with Crippen LogP contribution in [0.4, 0.5) is 4.79 Å². The predicted octanol–water partition coefficient (Wildman–Crippen LogP) is 3.14. The lowest BCUT2D eigenvalue weighted by Gasteiger charge is -2.16. The number of hydrogen-bond acceptors (Lipinski definition) is 13. The molecule has 4 N–H and O–H groups in total. The van der Waals surface area contributed by atoms with Crippen LogP contribution >= 0.6 is 0 Å². The van der Waals surface area contributed by atoms with Gasteiger partial charge in [-0.2, -0.15) is 0 Å². The lowest BCUT2D eigenvalue weighted by molar-refractivity contribution is -0.493. The molecule has 0 aliphatic rings. The Balaban J connectivity index is 1.48. The van der Waals surface area contributed by atoms with E-state index in [0.29, 0.717) is 17.8 Å². The molecule has 16 heteroatoms. The Hall–Kier alpha value is -4.58. The van der Waals surface area contributed by atoms with Gasteiger partial charge in [0, 0.05) is 18.5 Å². The minimum Gasteiger partial charge on any atom is -0.477 e. The molecule has 0 radical (unpaired) electrons. The second-order valence-electron chi connectivity index (χ2n) is 10.4. The van der Waals surface area contributed by atoms with Crippen LogP contribution in [-0.2, 0) is 32.9 Å². The molecule has 0 atom stereocenters. The van der Waals surface area contributed by atoms with Crippen molar-refractivity contribution in [3.05, 3.63) is 71.3 Å². The largest absolute Gasteiger partial charge is 0.477 e. The maximum absolute atomic E-state index is 12.4. The molecule has 16 nitrogen and oxygen atoms in total. The Morgan fingerprint density at radius 2 is 1.67 bits per heavy atom. The molecule has 0 spiro atoms. The van der Waals surface area contributed by atoms with Crippen LogP contribution in [0.2, 0.25) is 0 Å². The van der Waals surface area contributed by atoms with Crippen LogP contribution in [0.1, 0.15) is 54.8 Å². The number of hydrogen-bond donors (Lipinski definition) is 4. The van der Waals surface area contributed by atoms with E-state index in [2.05, 4.69) is 25.2 Å². The van der Waals surface area contributed by atoms with E-state index in [-0.39, 0.29) is 50.2 Å². The molecule has 0 unspecified atom stereocenters. The van der Waals surface area contributed by atoms with Gasteiger partial charge in [0.1, 0.15) is 23.7 Å². The van der Waals surface area contributed by atoms with Crippen molar-refractivity contribution in [1.29, 1.82) is 0 Å². The van der Waals surface area contributed by atoms with E-state index in [1.54, 1.807) is 10.6 Å². The van der Waals surface area contributed by atoms with Gasteiger partial charge in [0.25, 0.3) is 0 Å². The van der Waals surface area contributed by atoms with E-state index in [9.17, 15) is 19.8 Å². The number of nitrogens with zero attached hydrogens (tertiary/aromatic N) is 7. The Labute approximate surface area is 257 Å². The number of carboxylic acid groups (broad SMARTS) is 1. The van der Waals surface area contributed by atoms with Crippen molar-refractivity contribution in [2.75, 3.05) is 26.4 Å². The average molecular weight is 626 g/mol. The molecule has 4 aromatic rings. The summed E-state index contributed by atoms with van der Waals surface area (Å²) in [5.41, 5.74) is 1.74. The molecule has 240 valence electrons. The average Bonchev–Trinajstić information content (AvgIpc) is 3.63. The Bertz CT molecular complexity index is 1590. The fourth-order valence-electron chi connectivity index (χ4n) is 4.55. The third kappa shape index (κ3) is 8.53. The fraction of sp³-hybridized carbons (Fsp3) is 0.379. The first-order valence-corrected chi connectivity index (χ1v) is 14.1. The molecule has 2 heterocycles. The summed E-state index contributed by atoms with van der Waals surface area (Å²) in [4.78, 5) is 34.2. The van der Waals surface area contributed by atoms with Crippen LogP contribution < -0.4 is 0 Å². The SMILES string of the molecule is CCCc1nc(C(C)(C)O)c(C(=O)O)n1Cc1ccc(-c2ccccc2-c2nnn(C(=O)OCCOCCON(O)O)n2)cc1. The van der Waals surface area contributed by atoms with Gasteiger partial charge >= 0.3 is 12.1 Å². The highest BCUT2D eigenvalue weighted by molar-refractivity contribution is 5.87. The van der Waals surface area contributed by atoms with E-state index in [0.717, 1.165) is 27.9 Å². The molecule has 0 aliphatic heterocycles. The number of tetrazole rings is 1. The van der Waals surface area contributed by atoms with Crippen molar-refractivity contribution in [3.63, 3.8) is 0 Å². The van der Waals surface area contributed by atoms with Crippen molar-refractivity contribution in [1.82, 2.24) is 35.1 Å². The lowest BCUT2D eigenvalue weighted by atomic mass is 9.98. The van der Waals surface area contributed by atoms with Gasteiger partial charge in [-0.25, -0.2) is 19.4 Å². The first kappa shape index (κ1) is 33.3. The number of aliphatic hydroxyl groups is 1. The highest BCUT2D eigenvalue weighted by Gasteiger charge is 2.31. The summed E-state index contributed by atoms with van der Waals surface area (Å²) in [5.74, 6) is -0.367. The zero-order valence-electron chi connectivity index (χ0n) is 25.0. The van der Waals surface area contributed by atoms with Gasteiger partial charge in [-0.1, -0.05) is 60.3 Å². The van der Waals surface area contributed by atoms with Crippen LogP contribution in [0.5, 0.6) is 0 Å². The number of aromatic carboxylic acids is 1. The van der Waals surface area contributed by atoms with Crippen molar-refractivity contribution >= 4 is 12.1 Å². The molecule has 0 bridgehead atoms. The number of rotatable bonds is 15. The van der Waals surface area contributed by atoms with Crippen molar-refractivity contribution < 1.29 is 44.5 Å². The zero-order valence-corrected chi connectivity index (χ0v) is 25.0. The van der Waals surface area contributed by atoms with Crippen LogP contribution in [0.15, 0.2) is 48.5 Å². The number of carbonyl (C=O) groups excluding carboxylic acids is 1. The number of carboxylic acids is 1. The number of imidazole rings is 1. The minimum atomic E-state index is -1.42. The van der Waals surface area contributed by atoms with Gasteiger partial charge in [0.15, 0.2) is 5.69 Å². The van der Waals surface area contributed by atoms with Crippen LogP contribution in [0, 0.1) is 0 Å². The zero-order chi connectivity index (χ0) is 32.6. The fourth-order valence-corrected chi connectivity index (χ4v) is 4.55. The Morgan fingerprint density at radius 1 is 0.978 bits per heavy atom. The number of carbonyl (C=O) groups is 2. The molecule has 0 amide bonds. The standard InChI is InChI=1S/C29H35N7O9/c1-4-7-23-30-25(29(2,3)40)24(27(37)38)34(23)18-19-10-12-20(13-11-19)21-8-5-6-9-22(21)26-31-33-35(32-26)28(39)44-16-14-43-15-17-45-36(41)42/h5-6,8-13,40-42H,4,7,14-18H2,1-3H3,(H,37,38). The quantitative estimate of drug-likeness (QED) is 0.111. The maximum atomic E-state index is 12.4. The second kappa shape index (κ2) is 14.9. The smallest absolute Gasteiger partial charge is 0.453 e. The first-order valence-electron chi connectivity index (χ1n) is 14.1. The normalized spacial score (nSPS) is 11.7. The third-order valence-corrected chi connectivity index (χ3v) is 6.54. The molecule has 2 aromatic heterocycles. The first-order chi connectivity index (χ1) is 21.5. The van der Waals surface area contributed by atoms with Crippen LogP contribution in [0.25, 0.3) is 22.5 Å². The summed E-state index contributed by atoms with van der Waals surface area (Å²) in [6.07, 6.45) is 0.458. The monoisotopic (exact) mass is 625 g/mol. The predicted molar refractivity (Wildman–Crippen MR) is 155 cm³/mol. The molecular weight excluding hydrogens is 590 g/mol. The molecular formula is C29H35N7O9. The number of ether oxygens (including phenoxy) is 2. The van der Waals surface area contributed by atoms with Crippen molar-refractivity contribution in [2.45, 2.75) is 45.8 Å². The van der Waals surface area contributed by atoms with Gasteiger partial charge < -0.3 is 24.3 Å². The molecule has 0 saturated heterocycles. The van der Waals surface area contributed by atoms with Crippen LogP contribution in [-0.4, -0.2) is 94.3 Å². The summed E-state index contributed by atoms with van der Waals surface area (Å²) in [5, 5.41) is 49.0. The minimum absolute atomic E-state index is 0.0330. The number of aryl methyl sites for hydroxylation is 1. The summed E-state index contributed by atoms with van der Waals surface area (Å²) in [6, 6.07) is 14.9. The van der Waals surface area contributed by atoms with Gasteiger partial charge in [-0.3, -0.25) is 10.4 Å². The summed E-state index contributed by atoms with van der Waals surface area (Å²) in [6.45, 7) is 5.12. The molecule has 45 heavy (non-hydrogen) atoms. The Morgan fingerprint density at radius 3 is 2.31 bits per heavy atom. The lowest BCUT2D eigenvalue weighted by Crippen LogP contribution is -2.22. The molecule has 2 aromatic carbocycles. The number of benzene rings is 2. The maximum Gasteiger partial charge on any atom is 0.453 e.